The fourth-order valence-electron chi connectivity index (χ4n) is 4.24. The fraction of sp³-hybridized carbons (Fsp3) is 0.522. The topological polar surface area (TPSA) is 41.1 Å². The van der Waals surface area contributed by atoms with Crippen molar-refractivity contribution in [3.05, 3.63) is 52.1 Å². The number of hydrogen-bond acceptors (Lipinski definition) is 2. The molecule has 0 saturated heterocycles. The second kappa shape index (κ2) is 7.71. The van der Waals surface area contributed by atoms with Gasteiger partial charge in [-0.25, -0.2) is 0 Å². The van der Waals surface area contributed by atoms with Crippen LogP contribution in [0.3, 0.4) is 0 Å². The Bertz CT molecular complexity index is 771. The summed E-state index contributed by atoms with van der Waals surface area (Å²) in [6.07, 6.45) is 5.04. The van der Waals surface area contributed by atoms with E-state index in [2.05, 4.69) is 51.3 Å². The Balaban J connectivity index is 1.73. The van der Waals surface area contributed by atoms with E-state index in [1.54, 1.807) is 0 Å². The standard InChI is InChI=1S/C23H31ClN2O/c1-14-12-19-18(15(2)22(14)26-21(27)13-23(3,4)5)10-11-20(19)25-17-8-6-16(24)7-9-17/h6-9,12,14,20,22,25H,10-11,13H2,1-5H3,(H,26,27). The van der Waals surface area contributed by atoms with Crippen molar-refractivity contribution < 1.29 is 4.79 Å². The minimum atomic E-state index is 0.00495. The van der Waals surface area contributed by atoms with Crippen molar-refractivity contribution in [2.75, 3.05) is 5.32 Å². The summed E-state index contributed by atoms with van der Waals surface area (Å²) in [6.45, 7) is 10.7. The molecule has 0 aliphatic heterocycles. The Morgan fingerprint density at radius 1 is 1.22 bits per heavy atom. The molecule has 2 aliphatic rings. The summed E-state index contributed by atoms with van der Waals surface area (Å²) in [5, 5.41) is 7.68. The Kier molecular flexibility index (Phi) is 5.71. The highest BCUT2D eigenvalue weighted by molar-refractivity contribution is 6.30. The zero-order valence-corrected chi connectivity index (χ0v) is 17.8. The molecule has 1 amide bonds. The van der Waals surface area contributed by atoms with Gasteiger partial charge in [0.05, 0.1) is 12.1 Å². The number of amides is 1. The smallest absolute Gasteiger partial charge is 0.221 e. The van der Waals surface area contributed by atoms with E-state index in [-0.39, 0.29) is 17.4 Å². The van der Waals surface area contributed by atoms with Gasteiger partial charge in [0.25, 0.3) is 0 Å². The van der Waals surface area contributed by atoms with Crippen LogP contribution in [0.25, 0.3) is 0 Å². The molecule has 3 atom stereocenters. The number of halogens is 1. The number of carbonyl (C=O) groups is 1. The molecule has 0 bridgehead atoms. The lowest BCUT2D eigenvalue weighted by Gasteiger charge is -2.32. The van der Waals surface area contributed by atoms with E-state index < -0.39 is 0 Å². The van der Waals surface area contributed by atoms with Crippen LogP contribution in [0.15, 0.2) is 47.1 Å². The van der Waals surface area contributed by atoms with E-state index in [1.807, 2.05) is 24.3 Å². The van der Waals surface area contributed by atoms with E-state index in [1.165, 1.54) is 16.7 Å². The number of rotatable bonds is 4. The lowest BCUT2D eigenvalue weighted by atomic mass is 9.82. The Hall–Kier alpha value is -1.74. The summed E-state index contributed by atoms with van der Waals surface area (Å²) in [4.78, 5) is 12.5. The summed E-state index contributed by atoms with van der Waals surface area (Å²) in [5.74, 6) is 0.435. The second-order valence-electron chi connectivity index (χ2n) is 9.17. The molecule has 3 nitrogen and oxygen atoms in total. The number of nitrogens with one attached hydrogen (secondary N) is 2. The first-order chi connectivity index (χ1) is 12.6. The molecule has 1 saturated carbocycles. The van der Waals surface area contributed by atoms with Crippen LogP contribution in [0.1, 0.15) is 53.9 Å². The van der Waals surface area contributed by atoms with Gasteiger partial charge in [0, 0.05) is 17.1 Å². The highest BCUT2D eigenvalue weighted by Crippen LogP contribution is 2.41. The van der Waals surface area contributed by atoms with E-state index in [0.717, 1.165) is 23.6 Å². The molecular weight excluding hydrogens is 356 g/mol. The summed E-state index contributed by atoms with van der Waals surface area (Å²) in [7, 11) is 0. The molecule has 0 aromatic heterocycles. The molecule has 1 aromatic rings. The van der Waals surface area contributed by atoms with Crippen LogP contribution in [0.2, 0.25) is 5.02 Å². The molecule has 1 aromatic carbocycles. The van der Waals surface area contributed by atoms with Crippen molar-refractivity contribution in [1.82, 2.24) is 5.32 Å². The van der Waals surface area contributed by atoms with Crippen molar-refractivity contribution in [3.8, 4) is 0 Å². The number of hydrogen-bond donors (Lipinski definition) is 2. The molecule has 2 N–H and O–H groups in total. The van der Waals surface area contributed by atoms with Gasteiger partial charge in [-0.3, -0.25) is 4.79 Å². The molecule has 4 heteroatoms. The quantitative estimate of drug-likeness (QED) is 0.693. The van der Waals surface area contributed by atoms with Gasteiger partial charge in [-0.05, 0) is 72.1 Å². The summed E-state index contributed by atoms with van der Waals surface area (Å²) in [5.41, 5.74) is 5.24. The Labute approximate surface area is 168 Å². The van der Waals surface area contributed by atoms with Gasteiger partial charge in [-0.15, -0.1) is 0 Å². The van der Waals surface area contributed by atoms with Crippen molar-refractivity contribution >= 4 is 23.2 Å². The maximum absolute atomic E-state index is 12.5. The van der Waals surface area contributed by atoms with Crippen molar-refractivity contribution in [2.24, 2.45) is 11.3 Å². The zero-order valence-electron chi connectivity index (χ0n) is 17.0. The van der Waals surface area contributed by atoms with Crippen LogP contribution >= 0.6 is 11.6 Å². The van der Waals surface area contributed by atoms with Crippen molar-refractivity contribution in [2.45, 2.75) is 66.0 Å². The third-order valence-corrected chi connectivity index (χ3v) is 5.76. The normalized spacial score (nSPS) is 25.1. The van der Waals surface area contributed by atoms with Gasteiger partial charge in [-0.1, -0.05) is 45.4 Å². The van der Waals surface area contributed by atoms with Crippen LogP contribution in [0.4, 0.5) is 5.69 Å². The van der Waals surface area contributed by atoms with Gasteiger partial charge in [-0.2, -0.15) is 0 Å². The van der Waals surface area contributed by atoms with Crippen molar-refractivity contribution in [3.63, 3.8) is 0 Å². The summed E-state index contributed by atoms with van der Waals surface area (Å²) >= 11 is 5.99. The van der Waals surface area contributed by atoms with Gasteiger partial charge in [0.2, 0.25) is 5.91 Å². The lowest BCUT2D eigenvalue weighted by molar-refractivity contribution is -0.123. The van der Waals surface area contributed by atoms with Gasteiger partial charge >= 0.3 is 0 Å². The number of fused-ring (bicyclic) bond motifs is 1. The molecule has 0 heterocycles. The maximum Gasteiger partial charge on any atom is 0.221 e. The first kappa shape index (κ1) is 20.0. The van der Waals surface area contributed by atoms with Crippen LogP contribution in [-0.2, 0) is 4.79 Å². The Morgan fingerprint density at radius 2 is 1.89 bits per heavy atom. The monoisotopic (exact) mass is 386 g/mol. The second-order valence-corrected chi connectivity index (χ2v) is 9.60. The highest BCUT2D eigenvalue weighted by atomic mass is 35.5. The Morgan fingerprint density at radius 3 is 2.52 bits per heavy atom. The van der Waals surface area contributed by atoms with Gasteiger partial charge in [0.15, 0.2) is 0 Å². The highest BCUT2D eigenvalue weighted by Gasteiger charge is 2.35. The third kappa shape index (κ3) is 4.76. The molecular formula is C23H31ClN2O. The SMILES string of the molecule is CC1=C2CCC(Nc3ccc(Cl)cc3)C2=CC(C)C1NC(=O)CC(C)(C)C. The minimum absolute atomic E-state index is 0.00495. The molecule has 27 heavy (non-hydrogen) atoms. The molecule has 2 aliphatic carbocycles. The third-order valence-electron chi connectivity index (χ3n) is 5.51. The summed E-state index contributed by atoms with van der Waals surface area (Å²) < 4.78 is 0. The average molecular weight is 387 g/mol. The minimum Gasteiger partial charge on any atom is -0.378 e. The average Bonchev–Trinajstić information content (AvgIpc) is 2.95. The largest absolute Gasteiger partial charge is 0.378 e. The van der Waals surface area contributed by atoms with Crippen molar-refractivity contribution in [1.29, 1.82) is 0 Å². The molecule has 3 rings (SSSR count). The van der Waals surface area contributed by atoms with E-state index in [9.17, 15) is 4.79 Å². The number of carbonyl (C=O) groups excluding carboxylic acids is 1. The molecule has 3 unspecified atom stereocenters. The van der Waals surface area contributed by atoms with Crippen LogP contribution in [-0.4, -0.2) is 18.0 Å². The zero-order chi connectivity index (χ0) is 19.8. The van der Waals surface area contributed by atoms with Crippen LogP contribution in [0.5, 0.6) is 0 Å². The van der Waals surface area contributed by atoms with E-state index in [0.29, 0.717) is 18.4 Å². The van der Waals surface area contributed by atoms with Crippen LogP contribution in [0, 0.1) is 11.3 Å². The molecule has 0 spiro atoms. The fourth-order valence-corrected chi connectivity index (χ4v) is 4.37. The van der Waals surface area contributed by atoms with E-state index in [4.69, 9.17) is 11.6 Å². The molecule has 0 radical (unpaired) electrons. The van der Waals surface area contributed by atoms with Gasteiger partial charge < -0.3 is 10.6 Å². The predicted molar refractivity (Wildman–Crippen MR) is 114 cm³/mol. The first-order valence-corrected chi connectivity index (χ1v) is 10.2. The molecule has 1 fully saturated rings. The predicted octanol–water partition coefficient (Wildman–Crippen LogP) is 5.73. The number of benzene rings is 1. The lowest BCUT2D eigenvalue weighted by Crippen LogP contribution is -2.43. The van der Waals surface area contributed by atoms with Gasteiger partial charge in [0.1, 0.15) is 0 Å². The molecule has 146 valence electrons. The summed E-state index contributed by atoms with van der Waals surface area (Å²) in [6, 6.07) is 8.31. The van der Waals surface area contributed by atoms with Crippen LogP contribution < -0.4 is 10.6 Å². The maximum atomic E-state index is 12.5. The number of anilines is 1. The van der Waals surface area contributed by atoms with E-state index >= 15 is 0 Å². The first-order valence-electron chi connectivity index (χ1n) is 9.87.